The normalized spacial score (nSPS) is 12.9. The van der Waals surface area contributed by atoms with Crippen LogP contribution in [0, 0.1) is 0 Å². The van der Waals surface area contributed by atoms with E-state index in [0.29, 0.717) is 22.7 Å². The van der Waals surface area contributed by atoms with E-state index in [1.54, 1.807) is 18.2 Å². The van der Waals surface area contributed by atoms with E-state index in [2.05, 4.69) is 10.0 Å². The van der Waals surface area contributed by atoms with Crippen LogP contribution in [-0.2, 0) is 10.0 Å². The molecule has 2 aromatic carbocycles. The summed E-state index contributed by atoms with van der Waals surface area (Å²) in [4.78, 5) is 12.3. The average molecular weight is 334 g/mol. The van der Waals surface area contributed by atoms with Gasteiger partial charge in [-0.3, -0.25) is 4.79 Å². The summed E-state index contributed by atoms with van der Waals surface area (Å²) in [6, 6.07) is 10.7. The molecule has 2 aromatic rings. The highest BCUT2D eigenvalue weighted by molar-refractivity contribution is 7.89. The minimum absolute atomic E-state index is 0.0969. The van der Waals surface area contributed by atoms with E-state index in [0.717, 1.165) is 0 Å². The molecule has 1 amide bonds. The number of hydrogen-bond acceptors (Lipinski definition) is 5. The van der Waals surface area contributed by atoms with Crippen LogP contribution in [0.15, 0.2) is 47.4 Å². The highest BCUT2D eigenvalue weighted by Crippen LogP contribution is 2.34. The van der Waals surface area contributed by atoms with Gasteiger partial charge in [0.25, 0.3) is 5.91 Å². The fourth-order valence-corrected chi connectivity index (χ4v) is 2.81. The summed E-state index contributed by atoms with van der Waals surface area (Å²) in [5.41, 5.74) is 0.906. The summed E-state index contributed by atoms with van der Waals surface area (Å²) >= 11 is 0. The highest BCUT2D eigenvalue weighted by Gasteiger charge is 2.15. The lowest BCUT2D eigenvalue weighted by Gasteiger charge is -2.07. The Morgan fingerprint density at radius 2 is 1.74 bits per heavy atom. The van der Waals surface area contributed by atoms with Gasteiger partial charge < -0.3 is 14.8 Å². The molecule has 0 fully saturated rings. The molecule has 0 bridgehead atoms. The van der Waals surface area contributed by atoms with E-state index >= 15 is 0 Å². The van der Waals surface area contributed by atoms with E-state index in [1.165, 1.54) is 31.3 Å². The molecule has 1 aliphatic rings. The van der Waals surface area contributed by atoms with Crippen molar-refractivity contribution in [1.29, 1.82) is 0 Å². The molecule has 23 heavy (non-hydrogen) atoms. The maximum atomic E-state index is 12.2. The Hall–Kier alpha value is -2.58. The minimum Gasteiger partial charge on any atom is -0.454 e. The van der Waals surface area contributed by atoms with Crippen molar-refractivity contribution >= 4 is 21.6 Å². The minimum atomic E-state index is -3.52. The predicted octanol–water partition coefficient (Wildman–Crippen LogP) is 1.58. The van der Waals surface area contributed by atoms with Gasteiger partial charge in [0.1, 0.15) is 0 Å². The van der Waals surface area contributed by atoms with E-state index in [9.17, 15) is 13.2 Å². The summed E-state index contributed by atoms with van der Waals surface area (Å²) in [7, 11) is -2.19. The van der Waals surface area contributed by atoms with Gasteiger partial charge in [0.15, 0.2) is 11.5 Å². The lowest BCUT2D eigenvalue weighted by atomic mass is 10.2. The first-order valence-corrected chi connectivity index (χ1v) is 8.22. The van der Waals surface area contributed by atoms with Gasteiger partial charge in [0.2, 0.25) is 16.8 Å². The SMILES string of the molecule is CNS(=O)(=O)c1ccc(C(=O)Nc2ccc3c(c2)OCO3)cc1. The maximum absolute atomic E-state index is 12.2. The first kappa shape index (κ1) is 15.3. The number of rotatable bonds is 4. The fraction of sp³-hybridized carbons (Fsp3) is 0.133. The van der Waals surface area contributed by atoms with Crippen LogP contribution >= 0.6 is 0 Å². The van der Waals surface area contributed by atoms with Crippen LogP contribution in [0.5, 0.6) is 11.5 Å². The number of anilines is 1. The molecule has 1 aliphatic heterocycles. The smallest absolute Gasteiger partial charge is 0.255 e. The standard InChI is InChI=1S/C15H14N2O5S/c1-16-23(19,20)12-5-2-10(3-6-12)15(18)17-11-4-7-13-14(8-11)22-9-21-13/h2-8,16H,9H2,1H3,(H,17,18). The summed E-state index contributed by atoms with van der Waals surface area (Å²) < 4.78 is 35.9. The summed E-state index contributed by atoms with van der Waals surface area (Å²) in [5, 5.41) is 2.72. The maximum Gasteiger partial charge on any atom is 0.255 e. The largest absolute Gasteiger partial charge is 0.454 e. The number of amides is 1. The van der Waals surface area contributed by atoms with Crippen molar-refractivity contribution in [2.45, 2.75) is 4.90 Å². The zero-order valence-corrected chi connectivity index (χ0v) is 13.0. The average Bonchev–Trinajstić information content (AvgIpc) is 3.02. The Kier molecular flexibility index (Phi) is 3.93. The van der Waals surface area contributed by atoms with E-state index in [-0.39, 0.29) is 17.6 Å². The van der Waals surface area contributed by atoms with Crippen molar-refractivity contribution in [2.75, 3.05) is 19.2 Å². The Labute approximate surface area is 133 Å². The third-order valence-electron chi connectivity index (χ3n) is 3.33. The molecule has 7 nitrogen and oxygen atoms in total. The van der Waals surface area contributed by atoms with Crippen molar-refractivity contribution in [3.63, 3.8) is 0 Å². The number of fused-ring (bicyclic) bond motifs is 1. The van der Waals surface area contributed by atoms with Gasteiger partial charge in [0.05, 0.1) is 4.90 Å². The van der Waals surface area contributed by atoms with Crippen LogP contribution < -0.4 is 19.5 Å². The number of ether oxygens (including phenoxy) is 2. The van der Waals surface area contributed by atoms with Crippen LogP contribution in [0.3, 0.4) is 0 Å². The summed E-state index contributed by atoms with van der Waals surface area (Å²) in [6.45, 7) is 0.161. The van der Waals surface area contributed by atoms with E-state index in [1.807, 2.05) is 0 Å². The second-order valence-electron chi connectivity index (χ2n) is 4.75. The molecule has 0 saturated heterocycles. The van der Waals surface area contributed by atoms with Gasteiger partial charge in [-0.15, -0.1) is 0 Å². The molecule has 0 unspecified atom stereocenters. The molecule has 3 rings (SSSR count). The number of carbonyl (C=O) groups is 1. The first-order valence-electron chi connectivity index (χ1n) is 6.74. The molecule has 0 radical (unpaired) electrons. The third-order valence-corrected chi connectivity index (χ3v) is 4.76. The zero-order chi connectivity index (χ0) is 16.4. The van der Waals surface area contributed by atoms with Gasteiger partial charge in [-0.25, -0.2) is 13.1 Å². The Balaban J connectivity index is 1.76. The summed E-state index contributed by atoms with van der Waals surface area (Å²) in [6.07, 6.45) is 0. The lowest BCUT2D eigenvalue weighted by Crippen LogP contribution is -2.19. The van der Waals surface area contributed by atoms with Crippen molar-refractivity contribution in [2.24, 2.45) is 0 Å². The highest BCUT2D eigenvalue weighted by atomic mass is 32.2. The monoisotopic (exact) mass is 334 g/mol. The molecule has 0 aliphatic carbocycles. The molecule has 0 aromatic heterocycles. The quantitative estimate of drug-likeness (QED) is 0.885. The van der Waals surface area contributed by atoms with Gasteiger partial charge in [0, 0.05) is 17.3 Å². The Morgan fingerprint density at radius 1 is 1.04 bits per heavy atom. The molecular formula is C15H14N2O5S. The number of hydrogen-bond donors (Lipinski definition) is 2. The molecule has 2 N–H and O–H groups in total. The zero-order valence-electron chi connectivity index (χ0n) is 12.2. The number of carbonyl (C=O) groups excluding carboxylic acids is 1. The Morgan fingerprint density at radius 3 is 2.43 bits per heavy atom. The van der Waals surface area contributed by atoms with E-state index in [4.69, 9.17) is 9.47 Å². The molecule has 0 atom stereocenters. The van der Waals surface area contributed by atoms with Crippen molar-refractivity contribution < 1.29 is 22.7 Å². The number of nitrogens with one attached hydrogen (secondary N) is 2. The molecular weight excluding hydrogens is 320 g/mol. The second kappa shape index (κ2) is 5.90. The van der Waals surface area contributed by atoms with E-state index < -0.39 is 10.0 Å². The van der Waals surface area contributed by atoms with Crippen LogP contribution in [0.2, 0.25) is 0 Å². The van der Waals surface area contributed by atoms with Gasteiger partial charge in [-0.05, 0) is 43.4 Å². The predicted molar refractivity (Wildman–Crippen MR) is 83.2 cm³/mol. The number of sulfonamides is 1. The molecule has 0 spiro atoms. The van der Waals surface area contributed by atoms with Gasteiger partial charge in [-0.2, -0.15) is 0 Å². The van der Waals surface area contributed by atoms with Crippen LogP contribution in [0.4, 0.5) is 5.69 Å². The van der Waals surface area contributed by atoms with Gasteiger partial charge in [-0.1, -0.05) is 0 Å². The van der Waals surface area contributed by atoms with Gasteiger partial charge >= 0.3 is 0 Å². The van der Waals surface area contributed by atoms with Crippen molar-refractivity contribution in [3.8, 4) is 11.5 Å². The lowest BCUT2D eigenvalue weighted by molar-refractivity contribution is 0.102. The third kappa shape index (κ3) is 3.13. The number of benzene rings is 2. The molecule has 0 saturated carbocycles. The summed E-state index contributed by atoms with van der Waals surface area (Å²) in [5.74, 6) is 0.847. The molecule has 1 heterocycles. The Bertz CT molecular complexity index is 847. The first-order chi connectivity index (χ1) is 11.0. The van der Waals surface area contributed by atoms with Crippen LogP contribution in [0.1, 0.15) is 10.4 Å². The van der Waals surface area contributed by atoms with Crippen LogP contribution in [-0.4, -0.2) is 28.2 Å². The topological polar surface area (TPSA) is 93.7 Å². The van der Waals surface area contributed by atoms with Crippen LogP contribution in [0.25, 0.3) is 0 Å². The molecule has 8 heteroatoms. The molecule has 120 valence electrons. The second-order valence-corrected chi connectivity index (χ2v) is 6.64. The fourth-order valence-electron chi connectivity index (χ4n) is 2.08. The van der Waals surface area contributed by atoms with Crippen molar-refractivity contribution in [3.05, 3.63) is 48.0 Å². The van der Waals surface area contributed by atoms with Crippen molar-refractivity contribution in [1.82, 2.24) is 4.72 Å².